The molecule has 6 nitrogen and oxygen atoms in total. The number of rotatable bonds is 4. The van der Waals surface area contributed by atoms with Crippen molar-refractivity contribution in [3.05, 3.63) is 53.7 Å². The maximum absolute atomic E-state index is 12.3. The normalized spacial score (nSPS) is 13.4. The number of nitrogens with two attached hydrogens (primary N) is 1. The molecule has 1 aromatic heterocycles. The SMILES string of the molecule is Cl.Cl.Nc1ccccc1C(=O)NCc1cccnc1N1CCOCC1. The van der Waals surface area contributed by atoms with Crippen LogP contribution in [0.5, 0.6) is 0 Å². The number of aromatic nitrogens is 1. The van der Waals surface area contributed by atoms with Gasteiger partial charge >= 0.3 is 0 Å². The number of pyridine rings is 1. The maximum Gasteiger partial charge on any atom is 0.253 e. The molecule has 1 aliphatic rings. The smallest absolute Gasteiger partial charge is 0.253 e. The number of nitrogens with one attached hydrogen (secondary N) is 1. The number of halogens is 2. The predicted octanol–water partition coefficient (Wildman–Crippen LogP) is 2.27. The van der Waals surface area contributed by atoms with Crippen LogP contribution in [0.2, 0.25) is 0 Å². The van der Waals surface area contributed by atoms with Crippen LogP contribution in [0.3, 0.4) is 0 Å². The molecule has 1 saturated heterocycles. The Morgan fingerprint density at radius 3 is 2.60 bits per heavy atom. The highest BCUT2D eigenvalue weighted by atomic mass is 35.5. The van der Waals surface area contributed by atoms with Crippen molar-refractivity contribution in [1.82, 2.24) is 10.3 Å². The first kappa shape index (κ1) is 21.0. The molecule has 136 valence electrons. The number of hydrogen-bond donors (Lipinski definition) is 2. The van der Waals surface area contributed by atoms with E-state index < -0.39 is 0 Å². The summed E-state index contributed by atoms with van der Waals surface area (Å²) in [5.74, 6) is 0.719. The van der Waals surface area contributed by atoms with Crippen LogP contribution in [-0.2, 0) is 11.3 Å². The summed E-state index contributed by atoms with van der Waals surface area (Å²) in [4.78, 5) is 18.9. The summed E-state index contributed by atoms with van der Waals surface area (Å²) >= 11 is 0. The summed E-state index contributed by atoms with van der Waals surface area (Å²) < 4.78 is 5.38. The molecule has 0 bridgehead atoms. The van der Waals surface area contributed by atoms with E-state index in [1.807, 2.05) is 18.2 Å². The summed E-state index contributed by atoms with van der Waals surface area (Å²) in [5, 5.41) is 2.92. The number of hydrogen-bond acceptors (Lipinski definition) is 5. The number of carbonyl (C=O) groups excluding carboxylic acids is 1. The van der Waals surface area contributed by atoms with Crippen molar-refractivity contribution in [2.75, 3.05) is 36.9 Å². The second-order valence-electron chi connectivity index (χ2n) is 5.36. The van der Waals surface area contributed by atoms with E-state index in [2.05, 4.69) is 15.2 Å². The van der Waals surface area contributed by atoms with E-state index in [1.54, 1.807) is 24.4 Å². The number of benzene rings is 1. The molecule has 3 N–H and O–H groups in total. The van der Waals surface area contributed by atoms with Crippen LogP contribution in [0.4, 0.5) is 11.5 Å². The third-order valence-electron chi connectivity index (χ3n) is 3.82. The Morgan fingerprint density at radius 1 is 1.16 bits per heavy atom. The van der Waals surface area contributed by atoms with Crippen molar-refractivity contribution >= 4 is 42.2 Å². The summed E-state index contributed by atoms with van der Waals surface area (Å²) in [6, 6.07) is 10.9. The number of para-hydroxylation sites is 1. The number of nitrogens with zero attached hydrogens (tertiary/aromatic N) is 2. The Labute approximate surface area is 159 Å². The molecule has 3 rings (SSSR count). The van der Waals surface area contributed by atoms with Crippen LogP contribution >= 0.6 is 24.8 Å². The zero-order valence-corrected chi connectivity index (χ0v) is 15.3. The molecular formula is C17H22Cl2N4O2. The molecule has 0 saturated carbocycles. The monoisotopic (exact) mass is 384 g/mol. The van der Waals surface area contributed by atoms with E-state index in [0.29, 0.717) is 31.0 Å². The lowest BCUT2D eigenvalue weighted by Gasteiger charge is -2.29. The Balaban J connectivity index is 0.00000156. The van der Waals surface area contributed by atoms with E-state index >= 15 is 0 Å². The second kappa shape index (κ2) is 10.1. The maximum atomic E-state index is 12.3. The van der Waals surface area contributed by atoms with Gasteiger partial charge in [-0.15, -0.1) is 24.8 Å². The third kappa shape index (κ3) is 5.22. The molecule has 2 heterocycles. The van der Waals surface area contributed by atoms with Gasteiger partial charge in [0.05, 0.1) is 18.8 Å². The van der Waals surface area contributed by atoms with Gasteiger partial charge in [0, 0.05) is 37.1 Å². The lowest BCUT2D eigenvalue weighted by atomic mass is 10.1. The van der Waals surface area contributed by atoms with Gasteiger partial charge in [0.1, 0.15) is 5.82 Å². The molecule has 0 aliphatic carbocycles. The van der Waals surface area contributed by atoms with Crippen molar-refractivity contribution in [3.63, 3.8) is 0 Å². The Hall–Kier alpha value is -2.02. The van der Waals surface area contributed by atoms with E-state index in [1.165, 1.54) is 0 Å². The van der Waals surface area contributed by atoms with Gasteiger partial charge in [-0.2, -0.15) is 0 Å². The minimum absolute atomic E-state index is 0. The summed E-state index contributed by atoms with van der Waals surface area (Å²) in [5.41, 5.74) is 7.79. The van der Waals surface area contributed by atoms with Crippen LogP contribution in [0.1, 0.15) is 15.9 Å². The molecule has 1 amide bonds. The molecule has 2 aromatic rings. The highest BCUT2D eigenvalue weighted by Crippen LogP contribution is 2.18. The fourth-order valence-electron chi connectivity index (χ4n) is 2.60. The Kier molecular flexibility index (Phi) is 8.48. The largest absolute Gasteiger partial charge is 0.398 e. The van der Waals surface area contributed by atoms with Crippen molar-refractivity contribution in [3.8, 4) is 0 Å². The molecule has 8 heteroatoms. The number of anilines is 2. The van der Waals surface area contributed by atoms with Gasteiger partial charge in [-0.3, -0.25) is 4.79 Å². The third-order valence-corrected chi connectivity index (χ3v) is 3.82. The minimum atomic E-state index is -0.181. The highest BCUT2D eigenvalue weighted by molar-refractivity contribution is 5.99. The van der Waals surface area contributed by atoms with Crippen molar-refractivity contribution in [1.29, 1.82) is 0 Å². The molecule has 1 fully saturated rings. The standard InChI is InChI=1S/C17H20N4O2.2ClH/c18-15-6-2-1-5-14(15)17(22)20-12-13-4-3-7-19-16(13)21-8-10-23-11-9-21;;/h1-7H,8-12,18H2,(H,20,22);2*1H. The average molecular weight is 385 g/mol. The fraction of sp³-hybridized carbons (Fsp3) is 0.294. The van der Waals surface area contributed by atoms with E-state index in [4.69, 9.17) is 10.5 Å². The number of morpholine rings is 1. The number of nitrogen functional groups attached to an aromatic ring is 1. The average Bonchev–Trinajstić information content (AvgIpc) is 2.61. The molecule has 0 atom stereocenters. The number of carbonyl (C=O) groups is 1. The van der Waals surface area contributed by atoms with Gasteiger partial charge in [0.2, 0.25) is 0 Å². The van der Waals surface area contributed by atoms with Crippen molar-refractivity contribution < 1.29 is 9.53 Å². The van der Waals surface area contributed by atoms with Crippen LogP contribution in [0, 0.1) is 0 Å². The summed E-state index contributed by atoms with van der Waals surface area (Å²) in [6.07, 6.45) is 1.77. The highest BCUT2D eigenvalue weighted by Gasteiger charge is 2.16. The lowest BCUT2D eigenvalue weighted by Crippen LogP contribution is -2.37. The van der Waals surface area contributed by atoms with Crippen LogP contribution < -0.4 is 16.0 Å². The molecule has 1 aromatic carbocycles. The van der Waals surface area contributed by atoms with Gasteiger partial charge in [-0.05, 0) is 18.2 Å². The fourth-order valence-corrected chi connectivity index (χ4v) is 2.60. The van der Waals surface area contributed by atoms with Gasteiger partial charge in [0.15, 0.2) is 0 Å². The molecule has 0 unspecified atom stereocenters. The van der Waals surface area contributed by atoms with Crippen molar-refractivity contribution in [2.45, 2.75) is 6.54 Å². The zero-order valence-electron chi connectivity index (χ0n) is 13.7. The Morgan fingerprint density at radius 2 is 1.88 bits per heavy atom. The number of amides is 1. The van der Waals surface area contributed by atoms with Gasteiger partial charge < -0.3 is 20.7 Å². The topological polar surface area (TPSA) is 80.5 Å². The van der Waals surface area contributed by atoms with E-state index in [9.17, 15) is 4.79 Å². The van der Waals surface area contributed by atoms with E-state index in [-0.39, 0.29) is 30.7 Å². The first-order valence-corrected chi connectivity index (χ1v) is 7.65. The van der Waals surface area contributed by atoms with Crippen LogP contribution in [0.25, 0.3) is 0 Å². The molecule has 0 spiro atoms. The summed E-state index contributed by atoms with van der Waals surface area (Å²) in [7, 11) is 0. The first-order valence-electron chi connectivity index (χ1n) is 7.65. The van der Waals surface area contributed by atoms with Gasteiger partial charge in [-0.1, -0.05) is 18.2 Å². The zero-order chi connectivity index (χ0) is 16.1. The van der Waals surface area contributed by atoms with Crippen LogP contribution in [-0.4, -0.2) is 37.2 Å². The predicted molar refractivity (Wildman–Crippen MR) is 104 cm³/mol. The second-order valence-corrected chi connectivity index (χ2v) is 5.36. The molecule has 25 heavy (non-hydrogen) atoms. The van der Waals surface area contributed by atoms with Gasteiger partial charge in [0.25, 0.3) is 5.91 Å². The first-order chi connectivity index (χ1) is 11.3. The van der Waals surface area contributed by atoms with Gasteiger partial charge in [-0.25, -0.2) is 4.98 Å². The number of ether oxygens (including phenoxy) is 1. The van der Waals surface area contributed by atoms with Crippen LogP contribution in [0.15, 0.2) is 42.6 Å². The summed E-state index contributed by atoms with van der Waals surface area (Å²) in [6.45, 7) is 3.42. The molecule has 0 radical (unpaired) electrons. The quantitative estimate of drug-likeness (QED) is 0.790. The Bertz CT molecular complexity index is 694. The molecular weight excluding hydrogens is 363 g/mol. The molecule has 1 aliphatic heterocycles. The van der Waals surface area contributed by atoms with Crippen molar-refractivity contribution in [2.24, 2.45) is 0 Å². The minimum Gasteiger partial charge on any atom is -0.398 e. The lowest BCUT2D eigenvalue weighted by molar-refractivity contribution is 0.0951. The van der Waals surface area contributed by atoms with E-state index in [0.717, 1.165) is 24.5 Å².